The Morgan fingerprint density at radius 3 is 2.62 bits per heavy atom. The monoisotopic (exact) mass is 298 g/mol. The largest absolute Gasteiger partial charge is 0.465 e. The van der Waals surface area contributed by atoms with Gasteiger partial charge < -0.3 is 9.75 Å². The smallest absolute Gasteiger partial charge is 0.322 e. The summed E-state index contributed by atoms with van der Waals surface area (Å²) in [5.74, 6) is -4.88. The molecular weight excluding hydrogens is 282 g/mol. The fourth-order valence-corrected chi connectivity index (χ4v) is 1.52. The second-order valence-electron chi connectivity index (χ2n) is 4.33. The molecule has 0 amide bonds. The van der Waals surface area contributed by atoms with E-state index in [-0.39, 0.29) is 6.61 Å². The lowest BCUT2D eigenvalue weighted by Crippen LogP contribution is -2.29. The summed E-state index contributed by atoms with van der Waals surface area (Å²) in [4.78, 5) is 24.0. The van der Waals surface area contributed by atoms with Crippen molar-refractivity contribution in [2.45, 2.75) is 6.92 Å². The highest BCUT2D eigenvalue weighted by molar-refractivity contribution is 6.18. The first-order valence-electron chi connectivity index (χ1n) is 6.24. The first-order valence-corrected chi connectivity index (χ1v) is 6.24. The Hall–Kier alpha value is -2.31. The zero-order valence-corrected chi connectivity index (χ0v) is 12.0. The Labute approximate surface area is 121 Å². The highest BCUT2D eigenvalue weighted by Crippen LogP contribution is 2.15. The maximum Gasteiger partial charge on any atom is 0.322 e. The standard InChI is InChI=1S/C14H16F2N2O3/c1-4-21-14(20)11(8-17-18(2)3)13(19)10-7-9(15)5-6-12(10)16/h5-8,11H,4H2,1-3H3. The molecule has 0 spiro atoms. The number of Topliss-reactive ketones (excluding diaryl/α,β-unsaturated/α-hetero) is 1. The number of carbonyl (C=O) groups is 2. The van der Waals surface area contributed by atoms with Crippen molar-refractivity contribution >= 4 is 18.0 Å². The molecule has 1 unspecified atom stereocenters. The molecule has 0 bridgehead atoms. The number of nitrogens with zero attached hydrogens (tertiary/aromatic N) is 2. The molecule has 0 saturated carbocycles. The summed E-state index contributed by atoms with van der Waals surface area (Å²) in [6.45, 7) is 1.63. The molecule has 0 aliphatic rings. The summed E-state index contributed by atoms with van der Waals surface area (Å²) in [5, 5.41) is 5.16. The fourth-order valence-electron chi connectivity index (χ4n) is 1.52. The minimum atomic E-state index is -1.43. The predicted octanol–water partition coefficient (Wildman–Crippen LogP) is 1.87. The van der Waals surface area contributed by atoms with Gasteiger partial charge in [0.1, 0.15) is 11.6 Å². The molecule has 21 heavy (non-hydrogen) atoms. The molecule has 1 aromatic carbocycles. The number of esters is 1. The van der Waals surface area contributed by atoms with Crippen LogP contribution in [0.3, 0.4) is 0 Å². The van der Waals surface area contributed by atoms with Crippen LogP contribution in [0.15, 0.2) is 23.3 Å². The molecule has 0 aliphatic carbocycles. The first kappa shape index (κ1) is 16.7. The van der Waals surface area contributed by atoms with Crippen LogP contribution in [0, 0.1) is 17.6 Å². The molecule has 1 atom stereocenters. The molecule has 114 valence electrons. The molecule has 0 aliphatic heterocycles. The van der Waals surface area contributed by atoms with Crippen molar-refractivity contribution in [3.63, 3.8) is 0 Å². The minimum Gasteiger partial charge on any atom is -0.465 e. The van der Waals surface area contributed by atoms with Gasteiger partial charge in [0.25, 0.3) is 0 Å². The Bertz CT molecular complexity index is 559. The van der Waals surface area contributed by atoms with Gasteiger partial charge in [-0.25, -0.2) is 8.78 Å². The molecule has 1 aromatic rings. The van der Waals surface area contributed by atoms with E-state index in [2.05, 4.69) is 5.10 Å². The number of rotatable bonds is 6. The van der Waals surface area contributed by atoms with E-state index in [9.17, 15) is 18.4 Å². The van der Waals surface area contributed by atoms with Crippen molar-refractivity contribution in [1.82, 2.24) is 5.01 Å². The third-order valence-electron chi connectivity index (χ3n) is 2.46. The number of halogens is 2. The van der Waals surface area contributed by atoms with E-state index >= 15 is 0 Å². The van der Waals surface area contributed by atoms with Gasteiger partial charge in [0.05, 0.1) is 12.2 Å². The molecule has 0 radical (unpaired) electrons. The SMILES string of the molecule is CCOC(=O)C(C=NN(C)C)C(=O)c1cc(F)ccc1F. The number of carbonyl (C=O) groups excluding carboxylic acids is 2. The number of hydrogen-bond donors (Lipinski definition) is 0. The van der Waals surface area contributed by atoms with Gasteiger partial charge in [-0.05, 0) is 25.1 Å². The summed E-state index contributed by atoms with van der Waals surface area (Å²) in [6, 6.07) is 2.46. The lowest BCUT2D eigenvalue weighted by atomic mass is 9.98. The second kappa shape index (κ2) is 7.47. The van der Waals surface area contributed by atoms with Crippen molar-refractivity contribution in [2.24, 2.45) is 11.0 Å². The number of benzene rings is 1. The van der Waals surface area contributed by atoms with Crippen molar-refractivity contribution in [3.8, 4) is 0 Å². The van der Waals surface area contributed by atoms with Crippen molar-refractivity contribution in [2.75, 3.05) is 20.7 Å². The lowest BCUT2D eigenvalue weighted by Gasteiger charge is -2.12. The van der Waals surface area contributed by atoms with Gasteiger partial charge in [-0.2, -0.15) is 5.10 Å². The third-order valence-corrected chi connectivity index (χ3v) is 2.46. The number of hydrazone groups is 1. The van der Waals surface area contributed by atoms with E-state index in [0.717, 1.165) is 24.4 Å². The molecule has 0 heterocycles. The van der Waals surface area contributed by atoms with Crippen LogP contribution in [0.4, 0.5) is 8.78 Å². The summed E-state index contributed by atoms with van der Waals surface area (Å²) in [7, 11) is 3.18. The van der Waals surface area contributed by atoms with Crippen LogP contribution in [-0.4, -0.2) is 43.7 Å². The maximum absolute atomic E-state index is 13.6. The van der Waals surface area contributed by atoms with Gasteiger partial charge in [-0.1, -0.05) is 0 Å². The van der Waals surface area contributed by atoms with E-state index in [1.807, 2.05) is 0 Å². The number of hydrogen-bond acceptors (Lipinski definition) is 5. The molecule has 0 saturated heterocycles. The normalized spacial score (nSPS) is 12.2. The average Bonchev–Trinajstić information content (AvgIpc) is 2.41. The van der Waals surface area contributed by atoms with Crippen LogP contribution in [0.25, 0.3) is 0 Å². The minimum absolute atomic E-state index is 0.0596. The van der Waals surface area contributed by atoms with Gasteiger partial charge in [0, 0.05) is 20.3 Å². The maximum atomic E-state index is 13.6. The molecule has 0 aromatic heterocycles. The fraction of sp³-hybridized carbons (Fsp3) is 0.357. The third kappa shape index (κ3) is 4.62. The Morgan fingerprint density at radius 2 is 2.05 bits per heavy atom. The number of ether oxygens (including phenoxy) is 1. The number of ketones is 1. The quantitative estimate of drug-likeness (QED) is 0.264. The lowest BCUT2D eigenvalue weighted by molar-refractivity contribution is -0.144. The Kier molecular flexibility index (Phi) is 5.95. The van der Waals surface area contributed by atoms with Crippen LogP contribution in [0.1, 0.15) is 17.3 Å². The molecule has 5 nitrogen and oxygen atoms in total. The Balaban J connectivity index is 3.15. The van der Waals surface area contributed by atoms with Crippen LogP contribution in [0.5, 0.6) is 0 Å². The molecule has 7 heteroatoms. The van der Waals surface area contributed by atoms with Gasteiger partial charge in [-0.3, -0.25) is 9.59 Å². The van der Waals surface area contributed by atoms with Gasteiger partial charge in [0.2, 0.25) is 0 Å². The molecular formula is C14H16F2N2O3. The van der Waals surface area contributed by atoms with Crippen molar-refractivity contribution < 1.29 is 23.1 Å². The van der Waals surface area contributed by atoms with Crippen LogP contribution in [-0.2, 0) is 9.53 Å². The van der Waals surface area contributed by atoms with Crippen LogP contribution in [0.2, 0.25) is 0 Å². The highest BCUT2D eigenvalue weighted by atomic mass is 19.1. The van der Waals surface area contributed by atoms with Crippen LogP contribution >= 0.6 is 0 Å². The zero-order valence-electron chi connectivity index (χ0n) is 12.0. The van der Waals surface area contributed by atoms with Crippen LogP contribution < -0.4 is 0 Å². The zero-order chi connectivity index (χ0) is 16.0. The second-order valence-corrected chi connectivity index (χ2v) is 4.33. The molecule has 0 N–H and O–H groups in total. The molecule has 0 fully saturated rings. The molecule has 1 rings (SSSR count). The summed E-state index contributed by atoms with van der Waals surface area (Å²) >= 11 is 0. The van der Waals surface area contributed by atoms with Gasteiger partial charge in [0.15, 0.2) is 11.7 Å². The summed E-state index contributed by atoms with van der Waals surface area (Å²) < 4.78 is 31.6. The van der Waals surface area contributed by atoms with Gasteiger partial charge in [-0.15, -0.1) is 0 Å². The van der Waals surface area contributed by atoms with E-state index < -0.39 is 34.9 Å². The topological polar surface area (TPSA) is 59.0 Å². The van der Waals surface area contributed by atoms with E-state index in [4.69, 9.17) is 4.74 Å². The first-order chi connectivity index (χ1) is 9.86. The summed E-state index contributed by atoms with van der Waals surface area (Å²) in [6.07, 6.45) is 1.05. The Morgan fingerprint density at radius 1 is 1.38 bits per heavy atom. The van der Waals surface area contributed by atoms with Gasteiger partial charge >= 0.3 is 5.97 Å². The highest BCUT2D eigenvalue weighted by Gasteiger charge is 2.29. The van der Waals surface area contributed by atoms with E-state index in [1.54, 1.807) is 21.0 Å². The van der Waals surface area contributed by atoms with Crippen molar-refractivity contribution in [1.29, 1.82) is 0 Å². The summed E-state index contributed by atoms with van der Waals surface area (Å²) in [5.41, 5.74) is -0.516. The van der Waals surface area contributed by atoms with E-state index in [0.29, 0.717) is 0 Å². The average molecular weight is 298 g/mol. The van der Waals surface area contributed by atoms with Crippen molar-refractivity contribution in [3.05, 3.63) is 35.4 Å². The predicted molar refractivity (Wildman–Crippen MR) is 73.0 cm³/mol. The van der Waals surface area contributed by atoms with E-state index in [1.165, 1.54) is 5.01 Å².